The summed E-state index contributed by atoms with van der Waals surface area (Å²) in [7, 11) is 5.42. The van der Waals surface area contributed by atoms with E-state index in [1.807, 2.05) is 50.2 Å². The molecule has 0 saturated heterocycles. The monoisotopic (exact) mass is 329 g/mol. The fraction of sp³-hybridized carbons (Fsp3) is 0.316. The van der Waals surface area contributed by atoms with Gasteiger partial charge in [-0.05, 0) is 42.3 Å². The first kappa shape index (κ1) is 17.9. The second-order valence-electron chi connectivity index (χ2n) is 5.98. The Labute approximate surface area is 142 Å². The Balaban J connectivity index is 2.11. The Morgan fingerprint density at radius 1 is 1.21 bits per heavy atom. The van der Waals surface area contributed by atoms with Crippen molar-refractivity contribution in [2.75, 3.05) is 26.0 Å². The predicted molar refractivity (Wildman–Crippen MR) is 95.8 cm³/mol. The molecular weight excluding hydrogens is 305 g/mol. The first-order valence-electron chi connectivity index (χ1n) is 7.93. The number of carbonyl (C=O) groups excluding carboxylic acids is 1. The van der Waals surface area contributed by atoms with Crippen LogP contribution in [0.15, 0.2) is 42.5 Å². The van der Waals surface area contributed by atoms with Gasteiger partial charge in [0.25, 0.3) is 5.91 Å². The summed E-state index contributed by atoms with van der Waals surface area (Å²) in [6.45, 7) is 2.67. The summed E-state index contributed by atoms with van der Waals surface area (Å²) in [6, 6.07) is 12.4. The number of halogens is 1. The molecule has 0 spiro atoms. The van der Waals surface area contributed by atoms with Crippen molar-refractivity contribution >= 4 is 11.6 Å². The van der Waals surface area contributed by atoms with E-state index in [9.17, 15) is 9.18 Å². The maximum absolute atomic E-state index is 13.5. The van der Waals surface area contributed by atoms with E-state index in [0.29, 0.717) is 12.1 Å². The van der Waals surface area contributed by atoms with Gasteiger partial charge in [0.1, 0.15) is 5.82 Å². The van der Waals surface area contributed by atoms with Crippen LogP contribution < -0.4 is 15.5 Å². The van der Waals surface area contributed by atoms with E-state index in [2.05, 4.69) is 10.6 Å². The van der Waals surface area contributed by atoms with E-state index in [0.717, 1.165) is 16.8 Å². The van der Waals surface area contributed by atoms with Gasteiger partial charge in [0, 0.05) is 45.0 Å². The van der Waals surface area contributed by atoms with E-state index in [1.165, 1.54) is 6.07 Å². The number of nitrogens with zero attached hydrogens (tertiary/aromatic N) is 1. The lowest BCUT2D eigenvalue weighted by Gasteiger charge is -2.22. The highest BCUT2D eigenvalue weighted by atomic mass is 19.1. The van der Waals surface area contributed by atoms with E-state index in [-0.39, 0.29) is 17.8 Å². The SMILES string of the molecule is CNC(=O)c1cccc(CN[C@@H](C)c2ccc(F)cc2N(C)C)c1. The molecule has 0 fully saturated rings. The van der Waals surface area contributed by atoms with Gasteiger partial charge in [-0.25, -0.2) is 4.39 Å². The zero-order chi connectivity index (χ0) is 17.7. The minimum Gasteiger partial charge on any atom is -0.377 e. The van der Waals surface area contributed by atoms with Crippen LogP contribution in [-0.4, -0.2) is 27.1 Å². The Kier molecular flexibility index (Phi) is 5.93. The summed E-state index contributed by atoms with van der Waals surface area (Å²) in [5.41, 5.74) is 3.55. The summed E-state index contributed by atoms with van der Waals surface area (Å²) >= 11 is 0. The molecule has 0 unspecified atom stereocenters. The van der Waals surface area contributed by atoms with Gasteiger partial charge in [-0.1, -0.05) is 18.2 Å². The molecule has 1 atom stereocenters. The highest BCUT2D eigenvalue weighted by molar-refractivity contribution is 5.94. The number of anilines is 1. The summed E-state index contributed by atoms with van der Waals surface area (Å²) in [6.07, 6.45) is 0. The van der Waals surface area contributed by atoms with Gasteiger partial charge in [-0.15, -0.1) is 0 Å². The first-order chi connectivity index (χ1) is 11.4. The molecule has 0 radical (unpaired) electrons. The van der Waals surface area contributed by atoms with Crippen LogP contribution in [0.3, 0.4) is 0 Å². The van der Waals surface area contributed by atoms with Crippen molar-refractivity contribution in [3.63, 3.8) is 0 Å². The van der Waals surface area contributed by atoms with Crippen molar-refractivity contribution in [1.29, 1.82) is 0 Å². The van der Waals surface area contributed by atoms with Crippen LogP contribution in [-0.2, 0) is 6.54 Å². The zero-order valence-electron chi connectivity index (χ0n) is 14.6. The Bertz CT molecular complexity index is 716. The molecule has 128 valence electrons. The molecule has 0 heterocycles. The van der Waals surface area contributed by atoms with Gasteiger partial charge in [-0.2, -0.15) is 0 Å². The number of hydrogen-bond acceptors (Lipinski definition) is 3. The number of carbonyl (C=O) groups is 1. The third-order valence-electron chi connectivity index (χ3n) is 3.97. The van der Waals surface area contributed by atoms with E-state index < -0.39 is 0 Å². The van der Waals surface area contributed by atoms with E-state index >= 15 is 0 Å². The number of hydrogen-bond donors (Lipinski definition) is 2. The van der Waals surface area contributed by atoms with Gasteiger partial charge in [0.15, 0.2) is 0 Å². The van der Waals surface area contributed by atoms with Gasteiger partial charge in [-0.3, -0.25) is 4.79 Å². The highest BCUT2D eigenvalue weighted by Crippen LogP contribution is 2.26. The lowest BCUT2D eigenvalue weighted by atomic mass is 10.0. The van der Waals surface area contributed by atoms with Crippen LogP contribution in [0.1, 0.15) is 34.5 Å². The number of rotatable bonds is 6. The summed E-state index contributed by atoms with van der Waals surface area (Å²) in [5.74, 6) is -0.341. The zero-order valence-corrected chi connectivity index (χ0v) is 14.6. The number of amides is 1. The maximum Gasteiger partial charge on any atom is 0.251 e. The Morgan fingerprint density at radius 2 is 1.96 bits per heavy atom. The smallest absolute Gasteiger partial charge is 0.251 e. The lowest BCUT2D eigenvalue weighted by Crippen LogP contribution is -2.22. The molecule has 4 nitrogen and oxygen atoms in total. The van der Waals surface area contributed by atoms with Crippen LogP contribution in [0.4, 0.5) is 10.1 Å². The average molecular weight is 329 g/mol. The maximum atomic E-state index is 13.5. The highest BCUT2D eigenvalue weighted by Gasteiger charge is 2.13. The molecule has 0 aromatic heterocycles. The summed E-state index contributed by atoms with van der Waals surface area (Å²) < 4.78 is 13.5. The topological polar surface area (TPSA) is 44.4 Å². The van der Waals surface area contributed by atoms with Crippen molar-refractivity contribution in [1.82, 2.24) is 10.6 Å². The van der Waals surface area contributed by atoms with Crippen LogP contribution in [0.5, 0.6) is 0 Å². The molecule has 0 aliphatic heterocycles. The minimum atomic E-state index is -0.243. The third-order valence-corrected chi connectivity index (χ3v) is 3.97. The minimum absolute atomic E-state index is 0.0478. The van der Waals surface area contributed by atoms with Crippen molar-refractivity contribution in [2.24, 2.45) is 0 Å². The van der Waals surface area contributed by atoms with Gasteiger partial charge >= 0.3 is 0 Å². The molecule has 2 aromatic rings. The average Bonchev–Trinajstić information content (AvgIpc) is 2.59. The standard InChI is InChI=1S/C19H24FN3O/c1-13(17-9-8-16(20)11-18(17)23(3)4)22-12-14-6-5-7-15(10-14)19(24)21-2/h5-11,13,22H,12H2,1-4H3,(H,21,24)/t13-/m0/s1. The predicted octanol–water partition coefficient (Wildman–Crippen LogP) is 3.10. The fourth-order valence-corrected chi connectivity index (χ4v) is 2.62. The van der Waals surface area contributed by atoms with Crippen molar-refractivity contribution in [2.45, 2.75) is 19.5 Å². The van der Waals surface area contributed by atoms with Crippen LogP contribution in [0.2, 0.25) is 0 Å². The van der Waals surface area contributed by atoms with E-state index in [1.54, 1.807) is 19.2 Å². The van der Waals surface area contributed by atoms with Gasteiger partial charge < -0.3 is 15.5 Å². The molecule has 24 heavy (non-hydrogen) atoms. The van der Waals surface area contributed by atoms with Gasteiger partial charge in [0.2, 0.25) is 0 Å². The quantitative estimate of drug-likeness (QED) is 0.856. The Morgan fingerprint density at radius 3 is 2.62 bits per heavy atom. The molecule has 1 amide bonds. The van der Waals surface area contributed by atoms with Gasteiger partial charge in [0.05, 0.1) is 0 Å². The van der Waals surface area contributed by atoms with Crippen molar-refractivity contribution < 1.29 is 9.18 Å². The summed E-state index contributed by atoms with van der Waals surface area (Å²) in [4.78, 5) is 13.6. The molecule has 0 aliphatic carbocycles. The first-order valence-corrected chi connectivity index (χ1v) is 7.93. The molecular formula is C19H24FN3O. The largest absolute Gasteiger partial charge is 0.377 e. The number of nitrogens with one attached hydrogen (secondary N) is 2. The second kappa shape index (κ2) is 7.93. The fourth-order valence-electron chi connectivity index (χ4n) is 2.62. The molecule has 0 aliphatic rings. The van der Waals surface area contributed by atoms with Crippen LogP contribution in [0.25, 0.3) is 0 Å². The second-order valence-corrected chi connectivity index (χ2v) is 5.98. The van der Waals surface area contributed by atoms with Crippen molar-refractivity contribution in [3.8, 4) is 0 Å². The Hall–Kier alpha value is -2.40. The molecule has 0 saturated carbocycles. The normalized spacial score (nSPS) is 11.9. The molecule has 5 heteroatoms. The third kappa shape index (κ3) is 4.32. The van der Waals surface area contributed by atoms with Crippen LogP contribution >= 0.6 is 0 Å². The molecule has 2 N–H and O–H groups in total. The lowest BCUT2D eigenvalue weighted by molar-refractivity contribution is 0.0963. The molecule has 2 aromatic carbocycles. The summed E-state index contributed by atoms with van der Waals surface area (Å²) in [5, 5.41) is 6.06. The number of benzene rings is 2. The van der Waals surface area contributed by atoms with Crippen molar-refractivity contribution in [3.05, 3.63) is 65.0 Å². The molecule has 2 rings (SSSR count). The van der Waals surface area contributed by atoms with E-state index in [4.69, 9.17) is 0 Å². The molecule has 0 bridgehead atoms. The van der Waals surface area contributed by atoms with Crippen LogP contribution in [0, 0.1) is 5.82 Å².